The number of hydrogen-bond acceptors (Lipinski definition) is 3. The lowest BCUT2D eigenvalue weighted by Gasteiger charge is -2.31. The lowest BCUT2D eigenvalue weighted by atomic mass is 9.73. The Labute approximate surface area is 155 Å². The fourth-order valence-electron chi connectivity index (χ4n) is 3.75. The highest BCUT2D eigenvalue weighted by Crippen LogP contribution is 2.36. The predicted molar refractivity (Wildman–Crippen MR) is 108 cm³/mol. The molecule has 0 radical (unpaired) electrons. The number of nitrogens with zero attached hydrogens (tertiary/aromatic N) is 1. The molecule has 0 atom stereocenters. The number of carbonyl (C=O) groups is 1. The van der Waals surface area contributed by atoms with Crippen LogP contribution in [0.1, 0.15) is 46.1 Å². The molecule has 2 aromatic rings. The number of aliphatic hydroxyl groups is 1. The first-order chi connectivity index (χ1) is 12.3. The van der Waals surface area contributed by atoms with Crippen molar-refractivity contribution in [1.82, 2.24) is 0 Å². The summed E-state index contributed by atoms with van der Waals surface area (Å²) in [5.41, 5.74) is 2.09. The lowest BCUT2D eigenvalue weighted by molar-refractivity contribution is -0.117. The number of allylic oxidation sites excluding steroid dienone is 2. The molecular weight excluding hydrogens is 322 g/mol. The van der Waals surface area contributed by atoms with E-state index < -0.39 is 0 Å². The van der Waals surface area contributed by atoms with Crippen molar-refractivity contribution in [1.29, 1.82) is 0 Å². The third-order valence-corrected chi connectivity index (χ3v) is 4.79. The molecule has 1 saturated carbocycles. The Morgan fingerprint density at radius 1 is 1.12 bits per heavy atom. The molecule has 1 fully saturated rings. The summed E-state index contributed by atoms with van der Waals surface area (Å²) in [7, 11) is 0. The monoisotopic (exact) mass is 349 g/mol. The summed E-state index contributed by atoms with van der Waals surface area (Å²) in [6.45, 7) is 8.16. The molecule has 0 heterocycles. The molecule has 0 saturated heterocycles. The van der Waals surface area contributed by atoms with Crippen LogP contribution in [0.4, 0.5) is 0 Å². The van der Waals surface area contributed by atoms with Crippen LogP contribution in [-0.2, 0) is 11.2 Å². The Kier molecular flexibility index (Phi) is 4.99. The molecular formula is C23H27NO2. The normalized spacial score (nSPS) is 20.8. The Morgan fingerprint density at radius 2 is 1.81 bits per heavy atom. The van der Waals surface area contributed by atoms with Gasteiger partial charge in [0.2, 0.25) is 0 Å². The van der Waals surface area contributed by atoms with Crippen LogP contribution in [-0.4, -0.2) is 22.6 Å². The van der Waals surface area contributed by atoms with Crippen LogP contribution < -0.4 is 0 Å². The average Bonchev–Trinajstić information content (AvgIpc) is 2.53. The summed E-state index contributed by atoms with van der Waals surface area (Å²) in [4.78, 5) is 17.5. The Bertz CT molecular complexity index is 898. The van der Waals surface area contributed by atoms with Crippen molar-refractivity contribution < 1.29 is 9.90 Å². The van der Waals surface area contributed by atoms with Gasteiger partial charge in [0, 0.05) is 24.6 Å². The Balaban J connectivity index is 2.05. The van der Waals surface area contributed by atoms with Crippen molar-refractivity contribution in [2.45, 2.75) is 53.0 Å². The molecule has 2 aromatic carbocycles. The molecule has 3 heteroatoms. The molecule has 0 amide bonds. The zero-order valence-corrected chi connectivity index (χ0v) is 16.0. The largest absolute Gasteiger partial charge is 0.511 e. The smallest absolute Gasteiger partial charge is 0.168 e. The maximum absolute atomic E-state index is 12.8. The number of hydrogen-bond donors (Lipinski definition) is 1. The molecule has 26 heavy (non-hydrogen) atoms. The zero-order chi connectivity index (χ0) is 18.9. The van der Waals surface area contributed by atoms with Gasteiger partial charge in [-0.2, -0.15) is 0 Å². The number of carbonyl (C=O) groups excluding carboxylic acids is 1. The van der Waals surface area contributed by atoms with Gasteiger partial charge in [0.15, 0.2) is 5.78 Å². The standard InChI is InChI=1S/C23H27NO2/c1-15(2)24-19-13-23(3,4)14-21(26)22(19)20(25)12-17-10-7-9-16-8-5-6-11-18(16)17/h5-11,15,25H,12-14H2,1-4H3. The number of benzene rings is 2. The fraction of sp³-hybridized carbons (Fsp3) is 0.391. The van der Waals surface area contributed by atoms with Crippen molar-refractivity contribution in [3.05, 3.63) is 59.4 Å². The summed E-state index contributed by atoms with van der Waals surface area (Å²) in [5.74, 6) is 0.139. The molecule has 3 nitrogen and oxygen atoms in total. The second kappa shape index (κ2) is 7.06. The minimum Gasteiger partial charge on any atom is -0.511 e. The van der Waals surface area contributed by atoms with Crippen LogP contribution in [0.5, 0.6) is 0 Å². The van der Waals surface area contributed by atoms with Crippen molar-refractivity contribution >= 4 is 22.3 Å². The quantitative estimate of drug-likeness (QED) is 0.593. The van der Waals surface area contributed by atoms with Crippen molar-refractivity contribution in [2.75, 3.05) is 0 Å². The highest BCUT2D eigenvalue weighted by Gasteiger charge is 2.36. The molecule has 1 aliphatic carbocycles. The van der Waals surface area contributed by atoms with E-state index in [2.05, 4.69) is 37.0 Å². The van der Waals surface area contributed by atoms with Gasteiger partial charge < -0.3 is 5.11 Å². The van der Waals surface area contributed by atoms with E-state index in [-0.39, 0.29) is 23.0 Å². The maximum Gasteiger partial charge on any atom is 0.168 e. The predicted octanol–water partition coefficient (Wildman–Crippen LogP) is 5.43. The Morgan fingerprint density at radius 3 is 2.54 bits per heavy atom. The topological polar surface area (TPSA) is 49.7 Å². The molecule has 0 aliphatic heterocycles. The van der Waals surface area contributed by atoms with Crippen molar-refractivity contribution in [3.8, 4) is 0 Å². The van der Waals surface area contributed by atoms with E-state index in [1.807, 2.05) is 38.1 Å². The number of fused-ring (bicyclic) bond motifs is 1. The molecule has 1 N–H and O–H groups in total. The summed E-state index contributed by atoms with van der Waals surface area (Å²) in [6.07, 6.45) is 1.50. The van der Waals surface area contributed by atoms with E-state index in [9.17, 15) is 9.90 Å². The van der Waals surface area contributed by atoms with Crippen molar-refractivity contribution in [3.63, 3.8) is 0 Å². The first-order valence-electron chi connectivity index (χ1n) is 9.26. The van der Waals surface area contributed by atoms with Gasteiger partial charge in [-0.3, -0.25) is 9.79 Å². The fourth-order valence-corrected chi connectivity index (χ4v) is 3.75. The third kappa shape index (κ3) is 3.87. The number of rotatable bonds is 3. The maximum atomic E-state index is 12.8. The van der Waals surface area contributed by atoms with Crippen LogP contribution >= 0.6 is 0 Å². The molecule has 0 spiro atoms. The second-order valence-electron chi connectivity index (χ2n) is 8.25. The van der Waals surface area contributed by atoms with Gasteiger partial charge in [-0.05, 0) is 42.0 Å². The van der Waals surface area contributed by atoms with E-state index in [0.717, 1.165) is 22.0 Å². The molecule has 3 rings (SSSR count). The molecule has 1 aliphatic rings. The van der Waals surface area contributed by atoms with Crippen LogP contribution in [0, 0.1) is 5.41 Å². The SMILES string of the molecule is CC(C)N=C1CC(C)(C)CC(=O)C1=C(O)Cc1cccc2ccccc12. The molecule has 0 bridgehead atoms. The zero-order valence-electron chi connectivity index (χ0n) is 16.0. The highest BCUT2D eigenvalue weighted by atomic mass is 16.3. The first kappa shape index (κ1) is 18.4. The van der Waals surface area contributed by atoms with Crippen LogP contribution in [0.2, 0.25) is 0 Å². The number of aliphatic hydroxyl groups excluding tert-OH is 1. The van der Waals surface area contributed by atoms with Crippen LogP contribution in [0.3, 0.4) is 0 Å². The Hall–Kier alpha value is -2.42. The van der Waals surface area contributed by atoms with Gasteiger partial charge in [0.1, 0.15) is 5.76 Å². The van der Waals surface area contributed by atoms with Gasteiger partial charge in [-0.15, -0.1) is 0 Å². The van der Waals surface area contributed by atoms with Crippen LogP contribution in [0.25, 0.3) is 10.8 Å². The molecule has 0 unspecified atom stereocenters. The number of Topliss-reactive ketones (excluding diaryl/α,β-unsaturated/α-hetero) is 1. The van der Waals surface area contributed by atoms with Gasteiger partial charge >= 0.3 is 0 Å². The lowest BCUT2D eigenvalue weighted by Crippen LogP contribution is -2.33. The number of ketones is 1. The summed E-state index contributed by atoms with van der Waals surface area (Å²) in [5, 5.41) is 13.1. The van der Waals surface area contributed by atoms with Crippen LogP contribution in [0.15, 0.2) is 58.8 Å². The average molecular weight is 349 g/mol. The minimum atomic E-state index is -0.117. The van der Waals surface area contributed by atoms with E-state index in [4.69, 9.17) is 0 Å². The van der Waals surface area contributed by atoms with Gasteiger partial charge in [0.05, 0.1) is 5.57 Å². The summed E-state index contributed by atoms with van der Waals surface area (Å²) >= 11 is 0. The second-order valence-corrected chi connectivity index (χ2v) is 8.25. The van der Waals surface area contributed by atoms with Gasteiger partial charge in [-0.1, -0.05) is 56.3 Å². The minimum absolute atomic E-state index is 0.00149. The first-order valence-corrected chi connectivity index (χ1v) is 9.26. The molecule has 0 aromatic heterocycles. The number of aliphatic imine (C=N–C) groups is 1. The summed E-state index contributed by atoms with van der Waals surface area (Å²) < 4.78 is 0. The van der Waals surface area contributed by atoms with Gasteiger partial charge in [0.25, 0.3) is 0 Å². The molecule has 136 valence electrons. The highest BCUT2D eigenvalue weighted by molar-refractivity contribution is 6.24. The van der Waals surface area contributed by atoms with E-state index in [1.54, 1.807) is 0 Å². The van der Waals surface area contributed by atoms with Gasteiger partial charge in [-0.25, -0.2) is 0 Å². The van der Waals surface area contributed by atoms with E-state index in [0.29, 0.717) is 24.8 Å². The third-order valence-electron chi connectivity index (χ3n) is 4.79. The van der Waals surface area contributed by atoms with E-state index >= 15 is 0 Å². The summed E-state index contributed by atoms with van der Waals surface area (Å²) in [6, 6.07) is 14.3. The van der Waals surface area contributed by atoms with E-state index in [1.165, 1.54) is 0 Å². The van der Waals surface area contributed by atoms with Crippen molar-refractivity contribution in [2.24, 2.45) is 10.4 Å².